The van der Waals surface area contributed by atoms with Gasteiger partial charge in [0, 0.05) is 0 Å². The lowest BCUT2D eigenvalue weighted by Gasteiger charge is -2.05. The molecule has 0 bridgehead atoms. The fraction of sp³-hybridized carbons (Fsp3) is 0.133. The summed E-state index contributed by atoms with van der Waals surface area (Å²) >= 11 is 0. The van der Waals surface area contributed by atoms with E-state index in [1.165, 1.54) is 12.1 Å². The molecule has 3 heteroatoms. The van der Waals surface area contributed by atoms with E-state index in [1.807, 2.05) is 31.2 Å². The van der Waals surface area contributed by atoms with Crippen LogP contribution in [0.15, 0.2) is 42.5 Å². The normalized spacial score (nSPS) is 10.3. The van der Waals surface area contributed by atoms with Crippen LogP contribution in [0.25, 0.3) is 11.1 Å². The molecule has 0 aliphatic heterocycles. The van der Waals surface area contributed by atoms with E-state index in [2.05, 4.69) is 0 Å². The maximum atomic E-state index is 13.5. The zero-order chi connectivity index (χ0) is 13.1. The van der Waals surface area contributed by atoms with Gasteiger partial charge in [0.05, 0.1) is 6.42 Å². The van der Waals surface area contributed by atoms with Crippen molar-refractivity contribution in [2.24, 2.45) is 0 Å². The van der Waals surface area contributed by atoms with Crippen LogP contribution in [-0.2, 0) is 11.2 Å². The highest BCUT2D eigenvalue weighted by Gasteiger charge is 2.06. The highest BCUT2D eigenvalue weighted by atomic mass is 19.1. The number of halogens is 1. The average Bonchev–Trinajstić information content (AvgIpc) is 2.28. The van der Waals surface area contributed by atoms with Gasteiger partial charge in [0.2, 0.25) is 0 Å². The van der Waals surface area contributed by atoms with Gasteiger partial charge in [0.1, 0.15) is 5.82 Å². The van der Waals surface area contributed by atoms with Crippen LogP contribution < -0.4 is 0 Å². The van der Waals surface area contributed by atoms with Gasteiger partial charge in [-0.3, -0.25) is 4.79 Å². The van der Waals surface area contributed by atoms with E-state index in [0.717, 1.165) is 11.1 Å². The quantitative estimate of drug-likeness (QED) is 0.898. The molecule has 92 valence electrons. The van der Waals surface area contributed by atoms with Gasteiger partial charge in [-0.2, -0.15) is 0 Å². The van der Waals surface area contributed by atoms with Crippen molar-refractivity contribution in [3.05, 3.63) is 59.4 Å². The lowest BCUT2D eigenvalue weighted by Crippen LogP contribution is -2.00. The summed E-state index contributed by atoms with van der Waals surface area (Å²) in [6.07, 6.45) is -0.170. The van der Waals surface area contributed by atoms with Crippen LogP contribution in [0, 0.1) is 12.7 Å². The average molecular weight is 244 g/mol. The van der Waals surface area contributed by atoms with Gasteiger partial charge in [0.15, 0.2) is 0 Å². The third kappa shape index (κ3) is 2.94. The maximum Gasteiger partial charge on any atom is 0.307 e. The van der Waals surface area contributed by atoms with Crippen molar-refractivity contribution in [1.29, 1.82) is 0 Å². The molecule has 0 heterocycles. The second-order valence-electron chi connectivity index (χ2n) is 4.28. The van der Waals surface area contributed by atoms with Gasteiger partial charge >= 0.3 is 5.97 Å². The van der Waals surface area contributed by atoms with Gasteiger partial charge in [-0.15, -0.1) is 0 Å². The van der Waals surface area contributed by atoms with Crippen LogP contribution in [0.2, 0.25) is 0 Å². The Hall–Kier alpha value is -2.16. The van der Waals surface area contributed by atoms with Gasteiger partial charge < -0.3 is 5.11 Å². The Morgan fingerprint density at radius 3 is 2.39 bits per heavy atom. The van der Waals surface area contributed by atoms with Crippen molar-refractivity contribution in [1.82, 2.24) is 0 Å². The molecule has 1 N–H and O–H groups in total. The number of carboxylic acid groups (broad SMARTS) is 1. The molecule has 2 nitrogen and oxygen atoms in total. The lowest BCUT2D eigenvalue weighted by atomic mass is 10.0. The van der Waals surface area contributed by atoms with Crippen LogP contribution in [0.4, 0.5) is 4.39 Å². The SMILES string of the molecule is Cc1ccc(-c2cc(F)cc(CC(=O)O)c2)cc1. The first-order chi connectivity index (χ1) is 8.54. The zero-order valence-electron chi connectivity index (χ0n) is 9.98. The Balaban J connectivity index is 2.41. The summed E-state index contributed by atoms with van der Waals surface area (Å²) in [7, 11) is 0. The fourth-order valence-corrected chi connectivity index (χ4v) is 1.84. The summed E-state index contributed by atoms with van der Waals surface area (Å²) in [4.78, 5) is 10.7. The molecule has 2 aromatic rings. The summed E-state index contributed by atoms with van der Waals surface area (Å²) in [5, 5.41) is 8.73. The zero-order valence-corrected chi connectivity index (χ0v) is 9.98. The van der Waals surface area contributed by atoms with E-state index in [-0.39, 0.29) is 6.42 Å². The van der Waals surface area contributed by atoms with E-state index in [0.29, 0.717) is 11.1 Å². The van der Waals surface area contributed by atoms with Gasteiger partial charge in [-0.25, -0.2) is 4.39 Å². The molecular formula is C15H13FO2. The first-order valence-corrected chi connectivity index (χ1v) is 5.63. The van der Waals surface area contributed by atoms with Crippen molar-refractivity contribution in [3.8, 4) is 11.1 Å². The highest BCUT2D eigenvalue weighted by molar-refractivity contribution is 5.72. The van der Waals surface area contributed by atoms with Crippen LogP contribution in [0.3, 0.4) is 0 Å². The molecule has 0 saturated heterocycles. The second kappa shape index (κ2) is 5.00. The van der Waals surface area contributed by atoms with E-state index in [1.54, 1.807) is 6.07 Å². The molecule has 0 aromatic heterocycles. The molecule has 2 rings (SSSR count). The Bertz CT molecular complexity index is 574. The number of carboxylic acids is 1. The van der Waals surface area contributed by atoms with Crippen molar-refractivity contribution >= 4 is 5.97 Å². The minimum atomic E-state index is -0.963. The van der Waals surface area contributed by atoms with Crippen molar-refractivity contribution < 1.29 is 14.3 Å². The Morgan fingerprint density at radius 2 is 1.78 bits per heavy atom. The van der Waals surface area contributed by atoms with Crippen molar-refractivity contribution in [2.75, 3.05) is 0 Å². The van der Waals surface area contributed by atoms with E-state index < -0.39 is 11.8 Å². The molecular weight excluding hydrogens is 231 g/mol. The summed E-state index contributed by atoms with van der Waals surface area (Å²) < 4.78 is 13.5. The number of hydrogen-bond donors (Lipinski definition) is 1. The number of aryl methyl sites for hydroxylation is 1. The molecule has 0 saturated carbocycles. The van der Waals surface area contributed by atoms with Crippen LogP contribution in [0.1, 0.15) is 11.1 Å². The molecule has 2 aromatic carbocycles. The number of rotatable bonds is 3. The van der Waals surface area contributed by atoms with E-state index in [4.69, 9.17) is 5.11 Å². The second-order valence-corrected chi connectivity index (χ2v) is 4.28. The Kier molecular flexibility index (Phi) is 3.42. The Morgan fingerprint density at radius 1 is 1.11 bits per heavy atom. The van der Waals surface area contributed by atoms with E-state index in [9.17, 15) is 9.18 Å². The van der Waals surface area contributed by atoms with Gasteiger partial charge in [-0.1, -0.05) is 35.9 Å². The monoisotopic (exact) mass is 244 g/mol. The topological polar surface area (TPSA) is 37.3 Å². The summed E-state index contributed by atoms with van der Waals surface area (Å²) in [6.45, 7) is 1.98. The third-order valence-corrected chi connectivity index (χ3v) is 2.70. The molecule has 18 heavy (non-hydrogen) atoms. The minimum absolute atomic E-state index is 0.170. The predicted octanol–water partition coefficient (Wildman–Crippen LogP) is 3.43. The van der Waals surface area contributed by atoms with Crippen LogP contribution in [0.5, 0.6) is 0 Å². The van der Waals surface area contributed by atoms with Crippen LogP contribution >= 0.6 is 0 Å². The standard InChI is InChI=1S/C15H13FO2/c1-10-2-4-12(5-3-10)13-6-11(8-15(17)18)7-14(16)9-13/h2-7,9H,8H2,1H3,(H,17,18). The molecule has 0 fully saturated rings. The van der Waals surface area contributed by atoms with Crippen molar-refractivity contribution in [3.63, 3.8) is 0 Å². The maximum absolute atomic E-state index is 13.5. The predicted molar refractivity (Wildman–Crippen MR) is 67.9 cm³/mol. The third-order valence-electron chi connectivity index (χ3n) is 2.70. The first kappa shape index (κ1) is 12.3. The first-order valence-electron chi connectivity index (χ1n) is 5.63. The van der Waals surface area contributed by atoms with Gasteiger partial charge in [-0.05, 0) is 35.7 Å². The highest BCUT2D eigenvalue weighted by Crippen LogP contribution is 2.22. The van der Waals surface area contributed by atoms with Crippen LogP contribution in [-0.4, -0.2) is 11.1 Å². The smallest absolute Gasteiger partial charge is 0.307 e. The molecule has 0 atom stereocenters. The number of hydrogen-bond acceptors (Lipinski definition) is 1. The molecule has 0 unspecified atom stereocenters. The number of aliphatic carboxylic acids is 1. The number of carbonyl (C=O) groups is 1. The Labute approximate surface area is 105 Å². The number of benzene rings is 2. The fourth-order valence-electron chi connectivity index (χ4n) is 1.84. The molecule has 0 aliphatic carbocycles. The van der Waals surface area contributed by atoms with Gasteiger partial charge in [0.25, 0.3) is 0 Å². The summed E-state index contributed by atoms with van der Waals surface area (Å²) in [5.41, 5.74) is 3.18. The largest absolute Gasteiger partial charge is 0.481 e. The molecule has 0 radical (unpaired) electrons. The van der Waals surface area contributed by atoms with E-state index >= 15 is 0 Å². The minimum Gasteiger partial charge on any atom is -0.481 e. The molecule has 0 amide bonds. The van der Waals surface area contributed by atoms with Crippen molar-refractivity contribution in [2.45, 2.75) is 13.3 Å². The molecule has 0 spiro atoms. The molecule has 0 aliphatic rings. The summed E-state index contributed by atoms with van der Waals surface area (Å²) in [6, 6.07) is 12.1. The summed E-state index contributed by atoms with van der Waals surface area (Å²) in [5.74, 6) is -1.38. The lowest BCUT2D eigenvalue weighted by molar-refractivity contribution is -0.136.